The minimum Gasteiger partial charge on any atom is -0.467 e. The third-order valence-corrected chi connectivity index (χ3v) is 3.29. The summed E-state index contributed by atoms with van der Waals surface area (Å²) in [5, 5.41) is 2.24. The van der Waals surface area contributed by atoms with E-state index in [1.165, 1.54) is 0 Å². The number of ether oxygens (including phenoxy) is 1. The second-order valence-corrected chi connectivity index (χ2v) is 4.97. The molecule has 7 heteroatoms. The molecule has 0 aromatic heterocycles. The Morgan fingerprint density at radius 3 is 2.33 bits per heavy atom. The summed E-state index contributed by atoms with van der Waals surface area (Å²) in [5.74, 6) is -5.26. The molecule has 1 N–H and O–H groups in total. The molecule has 0 saturated heterocycles. The summed E-state index contributed by atoms with van der Waals surface area (Å²) in [6.45, 7) is 0. The van der Waals surface area contributed by atoms with Gasteiger partial charge in [0.1, 0.15) is 29.1 Å². The van der Waals surface area contributed by atoms with E-state index in [2.05, 4.69) is 10.1 Å². The summed E-state index contributed by atoms with van der Waals surface area (Å²) in [7, 11) is 1.16. The molecular weight excluding hydrogens is 287 g/mol. The normalized spacial score (nSPS) is 15.4. The van der Waals surface area contributed by atoms with Crippen LogP contribution in [0.2, 0.25) is 0 Å². The molecule has 0 heterocycles. The van der Waals surface area contributed by atoms with Crippen LogP contribution in [0, 0.1) is 23.4 Å². The number of benzene rings is 1. The highest BCUT2D eigenvalue weighted by Crippen LogP contribution is 2.33. The van der Waals surface area contributed by atoms with Crippen LogP contribution >= 0.6 is 0 Å². The van der Waals surface area contributed by atoms with Gasteiger partial charge in [0.15, 0.2) is 0 Å². The summed E-state index contributed by atoms with van der Waals surface area (Å²) in [5.41, 5.74) is -0.916. The lowest BCUT2D eigenvalue weighted by Crippen LogP contribution is -2.42. The standard InChI is InChI=1S/C14H14F3NO3/c1-21-14(20)11(4-7-2-3-7)18-13(19)12-9(16)5-8(15)6-10(12)17/h5-7,11H,2-4H2,1H3,(H,18,19)/t11-/m1/s1. The maximum absolute atomic E-state index is 13.5. The first-order chi connectivity index (χ1) is 9.92. The minimum absolute atomic E-state index is 0.289. The highest BCUT2D eigenvalue weighted by Gasteiger charge is 2.32. The Morgan fingerprint density at radius 1 is 1.29 bits per heavy atom. The summed E-state index contributed by atoms with van der Waals surface area (Å²) in [6.07, 6.45) is 2.22. The second kappa shape index (κ2) is 6.15. The van der Waals surface area contributed by atoms with Crippen LogP contribution in [0.1, 0.15) is 29.6 Å². The Balaban J connectivity index is 2.16. The largest absolute Gasteiger partial charge is 0.467 e. The van der Waals surface area contributed by atoms with Crippen molar-refractivity contribution in [2.24, 2.45) is 5.92 Å². The molecule has 114 valence electrons. The Morgan fingerprint density at radius 2 is 1.86 bits per heavy atom. The van der Waals surface area contributed by atoms with Crippen LogP contribution < -0.4 is 5.32 Å². The summed E-state index contributed by atoms with van der Waals surface area (Å²) < 4.78 is 44.4. The van der Waals surface area contributed by atoms with E-state index in [4.69, 9.17) is 0 Å². The molecule has 0 unspecified atom stereocenters. The van der Waals surface area contributed by atoms with Crippen molar-refractivity contribution >= 4 is 11.9 Å². The Kier molecular flexibility index (Phi) is 4.50. The molecule has 1 fully saturated rings. The zero-order valence-corrected chi connectivity index (χ0v) is 11.3. The number of rotatable bonds is 5. The third kappa shape index (κ3) is 3.74. The van der Waals surface area contributed by atoms with Crippen molar-refractivity contribution in [1.82, 2.24) is 5.32 Å². The molecule has 1 aliphatic carbocycles. The number of amides is 1. The van der Waals surface area contributed by atoms with Crippen LogP contribution in [0.5, 0.6) is 0 Å². The molecule has 21 heavy (non-hydrogen) atoms. The predicted molar refractivity (Wildman–Crippen MR) is 66.9 cm³/mol. The van der Waals surface area contributed by atoms with E-state index in [1.54, 1.807) is 0 Å². The number of hydrogen-bond acceptors (Lipinski definition) is 3. The topological polar surface area (TPSA) is 55.4 Å². The van der Waals surface area contributed by atoms with Gasteiger partial charge in [-0.05, 0) is 12.3 Å². The van der Waals surface area contributed by atoms with Gasteiger partial charge in [0.25, 0.3) is 5.91 Å². The zero-order chi connectivity index (χ0) is 15.6. The number of carbonyl (C=O) groups is 2. The van der Waals surface area contributed by atoms with Crippen molar-refractivity contribution in [2.45, 2.75) is 25.3 Å². The molecule has 0 bridgehead atoms. The van der Waals surface area contributed by atoms with Crippen molar-refractivity contribution in [1.29, 1.82) is 0 Å². The molecule has 1 amide bonds. The third-order valence-electron chi connectivity index (χ3n) is 3.29. The van der Waals surface area contributed by atoms with Crippen molar-refractivity contribution in [3.8, 4) is 0 Å². The lowest BCUT2D eigenvalue weighted by molar-refractivity contribution is -0.143. The van der Waals surface area contributed by atoms with Crippen LogP contribution in [0.4, 0.5) is 13.2 Å². The Hall–Kier alpha value is -2.05. The lowest BCUT2D eigenvalue weighted by Gasteiger charge is -2.16. The molecule has 1 saturated carbocycles. The first-order valence-corrected chi connectivity index (χ1v) is 6.45. The summed E-state index contributed by atoms with van der Waals surface area (Å²) in [6, 6.07) is -0.156. The van der Waals surface area contributed by atoms with E-state index in [1.807, 2.05) is 0 Å². The fourth-order valence-corrected chi connectivity index (χ4v) is 2.03. The van der Waals surface area contributed by atoms with E-state index in [9.17, 15) is 22.8 Å². The SMILES string of the molecule is COC(=O)[C@@H](CC1CC1)NC(=O)c1c(F)cc(F)cc1F. The summed E-state index contributed by atoms with van der Waals surface area (Å²) in [4.78, 5) is 23.5. The van der Waals surface area contributed by atoms with Gasteiger partial charge in [-0.3, -0.25) is 4.79 Å². The van der Waals surface area contributed by atoms with Crippen molar-refractivity contribution < 1.29 is 27.5 Å². The molecule has 1 aromatic rings. The van der Waals surface area contributed by atoms with Gasteiger partial charge in [0.2, 0.25) is 0 Å². The predicted octanol–water partition coefficient (Wildman–Crippen LogP) is 2.18. The first kappa shape index (κ1) is 15.3. The number of methoxy groups -OCH3 is 1. The number of esters is 1. The number of halogens is 3. The first-order valence-electron chi connectivity index (χ1n) is 6.45. The van der Waals surface area contributed by atoms with Crippen molar-refractivity contribution in [3.05, 3.63) is 35.1 Å². The van der Waals surface area contributed by atoms with Gasteiger partial charge in [0.05, 0.1) is 7.11 Å². The Bertz CT molecular complexity index is 550. The number of carbonyl (C=O) groups excluding carboxylic acids is 2. The van der Waals surface area contributed by atoms with E-state index < -0.39 is 40.9 Å². The van der Waals surface area contributed by atoms with Crippen molar-refractivity contribution in [3.63, 3.8) is 0 Å². The van der Waals surface area contributed by atoms with Gasteiger partial charge < -0.3 is 10.1 Å². The minimum atomic E-state index is -1.32. The van der Waals surface area contributed by atoms with Crippen LogP contribution in [0.15, 0.2) is 12.1 Å². The molecule has 1 aromatic carbocycles. The van der Waals surface area contributed by atoms with Crippen LogP contribution in [0.25, 0.3) is 0 Å². The van der Waals surface area contributed by atoms with Gasteiger partial charge in [-0.1, -0.05) is 12.8 Å². The van der Waals surface area contributed by atoms with Crippen LogP contribution in [-0.2, 0) is 9.53 Å². The molecule has 1 atom stereocenters. The fourth-order valence-electron chi connectivity index (χ4n) is 2.03. The van der Waals surface area contributed by atoms with Gasteiger partial charge >= 0.3 is 5.97 Å². The highest BCUT2D eigenvalue weighted by molar-refractivity contribution is 5.97. The van der Waals surface area contributed by atoms with Gasteiger partial charge in [0, 0.05) is 12.1 Å². The van der Waals surface area contributed by atoms with E-state index in [0.29, 0.717) is 18.6 Å². The van der Waals surface area contributed by atoms with Gasteiger partial charge in [-0.15, -0.1) is 0 Å². The molecule has 4 nitrogen and oxygen atoms in total. The highest BCUT2D eigenvalue weighted by atomic mass is 19.1. The lowest BCUT2D eigenvalue weighted by atomic mass is 10.1. The average Bonchev–Trinajstić information content (AvgIpc) is 3.19. The Labute approximate surface area is 119 Å². The van der Waals surface area contributed by atoms with E-state index in [-0.39, 0.29) is 5.92 Å². The molecular formula is C14H14F3NO3. The van der Waals surface area contributed by atoms with Crippen molar-refractivity contribution in [2.75, 3.05) is 7.11 Å². The average molecular weight is 301 g/mol. The maximum atomic E-state index is 13.5. The molecule has 1 aliphatic rings. The van der Waals surface area contributed by atoms with Crippen LogP contribution in [-0.4, -0.2) is 25.0 Å². The number of hydrogen-bond donors (Lipinski definition) is 1. The summed E-state index contributed by atoms with van der Waals surface area (Å²) >= 11 is 0. The molecule has 0 radical (unpaired) electrons. The molecule has 0 aliphatic heterocycles. The fraction of sp³-hybridized carbons (Fsp3) is 0.429. The second-order valence-electron chi connectivity index (χ2n) is 4.97. The smallest absolute Gasteiger partial charge is 0.328 e. The molecule has 2 rings (SSSR count). The van der Waals surface area contributed by atoms with Gasteiger partial charge in [-0.25, -0.2) is 18.0 Å². The van der Waals surface area contributed by atoms with E-state index >= 15 is 0 Å². The van der Waals surface area contributed by atoms with E-state index in [0.717, 1.165) is 20.0 Å². The number of nitrogens with one attached hydrogen (secondary N) is 1. The quantitative estimate of drug-likeness (QED) is 0.848. The maximum Gasteiger partial charge on any atom is 0.328 e. The monoisotopic (exact) mass is 301 g/mol. The van der Waals surface area contributed by atoms with Gasteiger partial charge in [-0.2, -0.15) is 0 Å². The van der Waals surface area contributed by atoms with Crippen LogP contribution in [0.3, 0.4) is 0 Å². The molecule has 0 spiro atoms. The zero-order valence-electron chi connectivity index (χ0n) is 11.3.